The largest absolute Gasteiger partial charge is 0.393 e. The lowest BCUT2D eigenvalue weighted by Gasteiger charge is -2.14. The molecule has 0 amide bonds. The van der Waals surface area contributed by atoms with Crippen LogP contribution in [-0.2, 0) is 6.54 Å². The normalized spacial score (nSPS) is 15.0. The summed E-state index contributed by atoms with van der Waals surface area (Å²) in [4.78, 5) is 0. The highest BCUT2D eigenvalue weighted by atomic mass is 32.1. The van der Waals surface area contributed by atoms with Gasteiger partial charge in [0.05, 0.1) is 6.10 Å². The number of aliphatic hydroxyl groups excluding tert-OH is 1. The van der Waals surface area contributed by atoms with Crippen LogP contribution >= 0.6 is 11.3 Å². The fourth-order valence-corrected chi connectivity index (χ4v) is 3.01. The number of fused-ring (bicyclic) bond motifs is 1. The monoisotopic (exact) mass is 249 g/mol. The number of benzene rings is 1. The van der Waals surface area contributed by atoms with E-state index in [0.29, 0.717) is 6.04 Å². The van der Waals surface area contributed by atoms with Crippen molar-refractivity contribution in [3.05, 3.63) is 35.2 Å². The fraction of sp³-hybridized carbons (Fsp3) is 0.429. The summed E-state index contributed by atoms with van der Waals surface area (Å²) in [5.74, 6) is 0. The molecule has 2 aromatic rings. The third-order valence-electron chi connectivity index (χ3n) is 2.90. The second-order valence-corrected chi connectivity index (χ2v) is 5.54. The highest BCUT2D eigenvalue weighted by molar-refractivity contribution is 7.17. The van der Waals surface area contributed by atoms with Gasteiger partial charge in [0.15, 0.2) is 0 Å². The molecule has 0 saturated heterocycles. The van der Waals surface area contributed by atoms with Gasteiger partial charge in [0.25, 0.3) is 0 Å². The molecule has 0 aliphatic heterocycles. The Morgan fingerprint density at radius 1 is 1.29 bits per heavy atom. The molecule has 0 saturated carbocycles. The van der Waals surface area contributed by atoms with Crippen LogP contribution in [0.15, 0.2) is 29.6 Å². The molecule has 1 aromatic heterocycles. The summed E-state index contributed by atoms with van der Waals surface area (Å²) >= 11 is 1.79. The average molecular weight is 249 g/mol. The maximum absolute atomic E-state index is 9.31. The van der Waals surface area contributed by atoms with E-state index in [2.05, 4.69) is 41.9 Å². The lowest BCUT2D eigenvalue weighted by atomic mass is 10.1. The van der Waals surface area contributed by atoms with Crippen LogP contribution in [0.1, 0.15) is 25.8 Å². The van der Waals surface area contributed by atoms with Crippen molar-refractivity contribution in [1.29, 1.82) is 0 Å². The minimum Gasteiger partial charge on any atom is -0.393 e. The second-order valence-electron chi connectivity index (χ2n) is 4.62. The topological polar surface area (TPSA) is 32.3 Å². The molecule has 0 aliphatic rings. The number of hydrogen-bond donors (Lipinski definition) is 2. The van der Waals surface area contributed by atoms with E-state index in [4.69, 9.17) is 0 Å². The molecular weight excluding hydrogens is 230 g/mol. The van der Waals surface area contributed by atoms with Gasteiger partial charge in [-0.15, -0.1) is 11.3 Å². The van der Waals surface area contributed by atoms with Gasteiger partial charge >= 0.3 is 0 Å². The third kappa shape index (κ3) is 3.28. The van der Waals surface area contributed by atoms with E-state index in [1.54, 1.807) is 11.3 Å². The van der Waals surface area contributed by atoms with Gasteiger partial charge < -0.3 is 10.4 Å². The van der Waals surface area contributed by atoms with Crippen molar-refractivity contribution < 1.29 is 5.11 Å². The summed E-state index contributed by atoms with van der Waals surface area (Å²) in [6.07, 6.45) is 0.555. The highest BCUT2D eigenvalue weighted by Gasteiger charge is 2.07. The van der Waals surface area contributed by atoms with E-state index in [0.717, 1.165) is 13.0 Å². The Kier molecular flexibility index (Phi) is 4.15. The lowest BCUT2D eigenvalue weighted by molar-refractivity contribution is 0.170. The zero-order chi connectivity index (χ0) is 12.3. The predicted molar refractivity (Wildman–Crippen MR) is 74.4 cm³/mol. The minimum absolute atomic E-state index is 0.239. The van der Waals surface area contributed by atoms with Gasteiger partial charge in [0, 0.05) is 17.3 Å². The van der Waals surface area contributed by atoms with Crippen molar-refractivity contribution >= 4 is 21.4 Å². The maximum Gasteiger partial charge on any atom is 0.0526 e. The molecule has 2 rings (SSSR count). The van der Waals surface area contributed by atoms with E-state index >= 15 is 0 Å². The van der Waals surface area contributed by atoms with E-state index in [-0.39, 0.29) is 6.10 Å². The summed E-state index contributed by atoms with van der Waals surface area (Å²) in [6.45, 7) is 4.82. The van der Waals surface area contributed by atoms with Gasteiger partial charge in [-0.3, -0.25) is 0 Å². The molecule has 2 unspecified atom stereocenters. The third-order valence-corrected chi connectivity index (χ3v) is 3.91. The van der Waals surface area contributed by atoms with Crippen molar-refractivity contribution in [2.24, 2.45) is 0 Å². The first kappa shape index (κ1) is 12.6. The summed E-state index contributed by atoms with van der Waals surface area (Å²) in [5, 5.41) is 16.3. The minimum atomic E-state index is -0.239. The predicted octanol–water partition coefficient (Wildman–Crippen LogP) is 3.15. The SMILES string of the molecule is CC(O)CC(C)NCc1csc2ccccc12. The second kappa shape index (κ2) is 5.63. The van der Waals surface area contributed by atoms with Gasteiger partial charge in [0.1, 0.15) is 0 Å². The molecule has 0 bridgehead atoms. The van der Waals surface area contributed by atoms with Crippen LogP contribution in [0.2, 0.25) is 0 Å². The first-order valence-corrected chi connectivity index (χ1v) is 6.91. The smallest absolute Gasteiger partial charge is 0.0526 e. The Hall–Kier alpha value is -0.900. The molecule has 2 nitrogen and oxygen atoms in total. The van der Waals surface area contributed by atoms with Crippen molar-refractivity contribution in [3.8, 4) is 0 Å². The summed E-state index contributed by atoms with van der Waals surface area (Å²) in [5.41, 5.74) is 1.35. The van der Waals surface area contributed by atoms with Crippen LogP contribution in [0.25, 0.3) is 10.1 Å². The summed E-state index contributed by atoms with van der Waals surface area (Å²) in [6, 6.07) is 8.82. The molecular formula is C14H19NOS. The first-order chi connectivity index (χ1) is 8.16. The zero-order valence-corrected chi connectivity index (χ0v) is 11.1. The summed E-state index contributed by atoms with van der Waals surface area (Å²) < 4.78 is 1.34. The van der Waals surface area contributed by atoms with Crippen molar-refractivity contribution in [2.75, 3.05) is 0 Å². The van der Waals surface area contributed by atoms with E-state index in [1.807, 2.05) is 6.92 Å². The maximum atomic E-state index is 9.31. The van der Waals surface area contributed by atoms with Gasteiger partial charge in [-0.1, -0.05) is 18.2 Å². The Morgan fingerprint density at radius 2 is 2.06 bits per heavy atom. The van der Waals surface area contributed by atoms with Crippen LogP contribution in [-0.4, -0.2) is 17.3 Å². The molecule has 1 heterocycles. The van der Waals surface area contributed by atoms with Gasteiger partial charge in [-0.25, -0.2) is 0 Å². The number of thiophene rings is 1. The molecule has 0 radical (unpaired) electrons. The zero-order valence-electron chi connectivity index (χ0n) is 10.3. The van der Waals surface area contributed by atoms with Crippen LogP contribution in [0, 0.1) is 0 Å². The van der Waals surface area contributed by atoms with E-state index in [9.17, 15) is 5.11 Å². The van der Waals surface area contributed by atoms with E-state index < -0.39 is 0 Å². The number of aliphatic hydroxyl groups is 1. The highest BCUT2D eigenvalue weighted by Crippen LogP contribution is 2.25. The molecule has 0 fully saturated rings. The van der Waals surface area contributed by atoms with Gasteiger partial charge in [-0.05, 0) is 42.7 Å². The average Bonchev–Trinajstić information content (AvgIpc) is 2.69. The van der Waals surface area contributed by atoms with Crippen LogP contribution in [0.3, 0.4) is 0 Å². The summed E-state index contributed by atoms with van der Waals surface area (Å²) in [7, 11) is 0. The molecule has 3 heteroatoms. The lowest BCUT2D eigenvalue weighted by Crippen LogP contribution is -2.28. The number of rotatable bonds is 5. The standard InChI is InChI=1S/C14H19NOS/c1-10(7-11(2)16)15-8-12-9-17-14-6-4-3-5-13(12)14/h3-6,9-11,15-16H,7-8H2,1-2H3. The number of hydrogen-bond acceptors (Lipinski definition) is 3. The molecule has 2 N–H and O–H groups in total. The Bertz CT molecular complexity index is 478. The Balaban J connectivity index is 1.99. The molecule has 2 atom stereocenters. The molecule has 0 spiro atoms. The Morgan fingerprint density at radius 3 is 2.82 bits per heavy atom. The van der Waals surface area contributed by atoms with Crippen LogP contribution in [0.4, 0.5) is 0 Å². The van der Waals surface area contributed by atoms with Crippen LogP contribution in [0.5, 0.6) is 0 Å². The molecule has 92 valence electrons. The molecule has 1 aromatic carbocycles. The van der Waals surface area contributed by atoms with Crippen molar-refractivity contribution in [1.82, 2.24) is 5.32 Å². The number of nitrogens with one attached hydrogen (secondary N) is 1. The van der Waals surface area contributed by atoms with Crippen molar-refractivity contribution in [2.45, 2.75) is 39.0 Å². The fourth-order valence-electron chi connectivity index (χ4n) is 2.05. The first-order valence-electron chi connectivity index (χ1n) is 6.03. The van der Waals surface area contributed by atoms with Crippen molar-refractivity contribution in [3.63, 3.8) is 0 Å². The molecule has 0 aliphatic carbocycles. The molecule has 17 heavy (non-hydrogen) atoms. The van der Waals surface area contributed by atoms with Gasteiger partial charge in [-0.2, -0.15) is 0 Å². The van der Waals surface area contributed by atoms with Gasteiger partial charge in [0.2, 0.25) is 0 Å². The van der Waals surface area contributed by atoms with E-state index in [1.165, 1.54) is 15.6 Å². The van der Waals surface area contributed by atoms with Crippen LogP contribution < -0.4 is 5.32 Å². The Labute approximate surface area is 106 Å². The quantitative estimate of drug-likeness (QED) is 0.853.